The van der Waals surface area contributed by atoms with Gasteiger partial charge in [0.25, 0.3) is 0 Å². The second-order valence-corrected chi connectivity index (χ2v) is 4.77. The molecule has 0 saturated carbocycles. The number of nitrogens with two attached hydrogens (primary N) is 1. The molecule has 2 aromatic rings. The first kappa shape index (κ1) is 15.7. The van der Waals surface area contributed by atoms with Gasteiger partial charge in [0.05, 0.1) is 24.5 Å². The SMILES string of the molecule is Nc1cc(C(=O)O)ccc1OCCCCOc1ccccc1. The van der Waals surface area contributed by atoms with Crippen molar-refractivity contribution in [1.82, 2.24) is 0 Å². The van der Waals surface area contributed by atoms with Crippen LogP contribution in [-0.4, -0.2) is 24.3 Å². The maximum atomic E-state index is 10.8. The fraction of sp³-hybridized carbons (Fsp3) is 0.235. The second kappa shape index (κ2) is 7.93. The minimum absolute atomic E-state index is 0.154. The van der Waals surface area contributed by atoms with Crippen LogP contribution in [0.2, 0.25) is 0 Å². The van der Waals surface area contributed by atoms with Crippen molar-refractivity contribution in [2.75, 3.05) is 18.9 Å². The van der Waals surface area contributed by atoms with Crippen molar-refractivity contribution in [3.05, 3.63) is 54.1 Å². The monoisotopic (exact) mass is 301 g/mol. The zero-order valence-electron chi connectivity index (χ0n) is 12.2. The molecule has 0 bridgehead atoms. The van der Waals surface area contributed by atoms with E-state index in [0.717, 1.165) is 18.6 Å². The van der Waals surface area contributed by atoms with Crippen LogP contribution in [0.3, 0.4) is 0 Å². The van der Waals surface area contributed by atoms with Crippen molar-refractivity contribution in [2.24, 2.45) is 0 Å². The van der Waals surface area contributed by atoms with Gasteiger partial charge in [-0.05, 0) is 43.2 Å². The van der Waals surface area contributed by atoms with Gasteiger partial charge < -0.3 is 20.3 Å². The molecule has 0 spiro atoms. The van der Waals surface area contributed by atoms with E-state index in [4.69, 9.17) is 20.3 Å². The number of hydrogen-bond acceptors (Lipinski definition) is 4. The van der Waals surface area contributed by atoms with Gasteiger partial charge in [0.15, 0.2) is 0 Å². The largest absolute Gasteiger partial charge is 0.494 e. The minimum Gasteiger partial charge on any atom is -0.494 e. The number of benzene rings is 2. The van der Waals surface area contributed by atoms with Crippen LogP contribution in [0.15, 0.2) is 48.5 Å². The number of nitrogen functional groups attached to an aromatic ring is 1. The lowest BCUT2D eigenvalue weighted by atomic mass is 10.2. The average Bonchev–Trinajstić information content (AvgIpc) is 2.52. The third kappa shape index (κ3) is 4.70. The highest BCUT2D eigenvalue weighted by molar-refractivity contribution is 5.89. The zero-order chi connectivity index (χ0) is 15.8. The van der Waals surface area contributed by atoms with E-state index in [1.807, 2.05) is 30.3 Å². The number of para-hydroxylation sites is 1. The lowest BCUT2D eigenvalue weighted by Gasteiger charge is -2.10. The van der Waals surface area contributed by atoms with Gasteiger partial charge in [-0.25, -0.2) is 4.79 Å². The van der Waals surface area contributed by atoms with Crippen molar-refractivity contribution in [3.63, 3.8) is 0 Å². The minimum atomic E-state index is -1.00. The zero-order valence-corrected chi connectivity index (χ0v) is 12.2. The van der Waals surface area contributed by atoms with Gasteiger partial charge in [-0.3, -0.25) is 0 Å². The first-order valence-electron chi connectivity index (χ1n) is 7.10. The number of rotatable bonds is 8. The summed E-state index contributed by atoms with van der Waals surface area (Å²) in [6.07, 6.45) is 1.69. The number of carboxylic acids is 1. The fourth-order valence-electron chi connectivity index (χ4n) is 1.91. The maximum Gasteiger partial charge on any atom is 0.335 e. The van der Waals surface area contributed by atoms with Crippen molar-refractivity contribution in [2.45, 2.75) is 12.8 Å². The summed E-state index contributed by atoms with van der Waals surface area (Å²) in [4.78, 5) is 10.8. The third-order valence-corrected chi connectivity index (χ3v) is 3.06. The van der Waals surface area contributed by atoms with E-state index in [9.17, 15) is 4.79 Å². The van der Waals surface area contributed by atoms with E-state index in [1.165, 1.54) is 12.1 Å². The van der Waals surface area contributed by atoms with Gasteiger partial charge in [0.2, 0.25) is 0 Å². The average molecular weight is 301 g/mol. The van der Waals surface area contributed by atoms with Crippen LogP contribution in [0.4, 0.5) is 5.69 Å². The van der Waals surface area contributed by atoms with Gasteiger partial charge in [-0.2, -0.15) is 0 Å². The molecule has 0 aliphatic rings. The Hall–Kier alpha value is -2.69. The summed E-state index contributed by atoms with van der Waals surface area (Å²) in [6.45, 7) is 1.13. The van der Waals surface area contributed by atoms with Crippen LogP contribution >= 0.6 is 0 Å². The molecule has 3 N–H and O–H groups in total. The van der Waals surface area contributed by atoms with E-state index >= 15 is 0 Å². The normalized spacial score (nSPS) is 10.2. The van der Waals surface area contributed by atoms with Gasteiger partial charge >= 0.3 is 5.97 Å². The molecule has 5 heteroatoms. The Morgan fingerprint density at radius 2 is 1.68 bits per heavy atom. The summed E-state index contributed by atoms with van der Waals surface area (Å²) >= 11 is 0. The second-order valence-electron chi connectivity index (χ2n) is 4.77. The smallest absolute Gasteiger partial charge is 0.335 e. The van der Waals surface area contributed by atoms with Crippen molar-refractivity contribution < 1.29 is 19.4 Å². The number of unbranched alkanes of at least 4 members (excludes halogenated alkanes) is 1. The van der Waals surface area contributed by atoms with Crippen LogP contribution in [0.1, 0.15) is 23.2 Å². The standard InChI is InChI=1S/C17H19NO4/c18-15-12-13(17(19)20)8-9-16(15)22-11-5-4-10-21-14-6-2-1-3-7-14/h1-3,6-9,12H,4-5,10-11,18H2,(H,19,20). The predicted molar refractivity (Wildman–Crippen MR) is 84.5 cm³/mol. The lowest BCUT2D eigenvalue weighted by Crippen LogP contribution is -2.05. The molecule has 0 aliphatic heterocycles. The molecule has 2 rings (SSSR count). The fourth-order valence-corrected chi connectivity index (χ4v) is 1.91. The van der Waals surface area contributed by atoms with E-state index in [1.54, 1.807) is 6.07 Å². The molecule has 0 aliphatic carbocycles. The molecular formula is C17H19NO4. The number of hydrogen-bond donors (Lipinski definition) is 2. The molecule has 0 fully saturated rings. The van der Waals surface area contributed by atoms with E-state index in [-0.39, 0.29) is 5.56 Å². The Balaban J connectivity index is 1.67. The molecule has 0 atom stereocenters. The summed E-state index contributed by atoms with van der Waals surface area (Å²) in [5.74, 6) is 0.363. The van der Waals surface area contributed by atoms with Crippen LogP contribution in [-0.2, 0) is 0 Å². The van der Waals surface area contributed by atoms with E-state index in [2.05, 4.69) is 0 Å². The number of ether oxygens (including phenoxy) is 2. The van der Waals surface area contributed by atoms with Gasteiger partial charge in [0.1, 0.15) is 11.5 Å². The van der Waals surface area contributed by atoms with Crippen LogP contribution in [0.25, 0.3) is 0 Å². The van der Waals surface area contributed by atoms with Crippen molar-refractivity contribution in [1.29, 1.82) is 0 Å². The predicted octanol–water partition coefficient (Wildman–Crippen LogP) is 3.21. The Morgan fingerprint density at radius 1 is 1.00 bits per heavy atom. The molecule has 0 heterocycles. The number of aromatic carboxylic acids is 1. The molecule has 0 saturated heterocycles. The van der Waals surface area contributed by atoms with Crippen LogP contribution in [0.5, 0.6) is 11.5 Å². The topological polar surface area (TPSA) is 81.8 Å². The highest BCUT2D eigenvalue weighted by Gasteiger charge is 2.06. The van der Waals surface area contributed by atoms with Crippen LogP contribution in [0, 0.1) is 0 Å². The molecule has 0 radical (unpaired) electrons. The van der Waals surface area contributed by atoms with Gasteiger partial charge in [-0.15, -0.1) is 0 Å². The van der Waals surface area contributed by atoms with Crippen LogP contribution < -0.4 is 15.2 Å². The number of carboxylic acid groups (broad SMARTS) is 1. The van der Waals surface area contributed by atoms with Crippen molar-refractivity contribution in [3.8, 4) is 11.5 Å². The highest BCUT2D eigenvalue weighted by Crippen LogP contribution is 2.22. The summed E-state index contributed by atoms with van der Waals surface area (Å²) in [5, 5.41) is 8.86. The lowest BCUT2D eigenvalue weighted by molar-refractivity contribution is 0.0697. The molecular weight excluding hydrogens is 282 g/mol. The molecule has 5 nitrogen and oxygen atoms in total. The van der Waals surface area contributed by atoms with E-state index in [0.29, 0.717) is 24.7 Å². The first-order valence-corrected chi connectivity index (χ1v) is 7.10. The molecule has 0 amide bonds. The Labute approximate surface area is 129 Å². The maximum absolute atomic E-state index is 10.8. The highest BCUT2D eigenvalue weighted by atomic mass is 16.5. The molecule has 2 aromatic carbocycles. The summed E-state index contributed by atoms with van der Waals surface area (Å²) in [7, 11) is 0. The molecule has 0 unspecified atom stereocenters. The Kier molecular flexibility index (Phi) is 5.65. The summed E-state index contributed by atoms with van der Waals surface area (Å²) < 4.78 is 11.1. The summed E-state index contributed by atoms with van der Waals surface area (Å²) in [5.41, 5.74) is 6.25. The Bertz CT molecular complexity index is 613. The van der Waals surface area contributed by atoms with Crippen molar-refractivity contribution >= 4 is 11.7 Å². The van der Waals surface area contributed by atoms with Gasteiger partial charge in [0, 0.05) is 0 Å². The molecule has 116 valence electrons. The quantitative estimate of drug-likeness (QED) is 0.578. The third-order valence-electron chi connectivity index (χ3n) is 3.06. The number of anilines is 1. The molecule has 22 heavy (non-hydrogen) atoms. The summed E-state index contributed by atoms with van der Waals surface area (Å²) in [6, 6.07) is 14.1. The first-order chi connectivity index (χ1) is 10.7. The number of carbonyl (C=O) groups is 1. The van der Waals surface area contributed by atoms with E-state index < -0.39 is 5.97 Å². The Morgan fingerprint density at radius 3 is 2.32 bits per heavy atom. The molecule has 0 aromatic heterocycles. The van der Waals surface area contributed by atoms with Gasteiger partial charge in [-0.1, -0.05) is 18.2 Å².